The number of aliphatic carboxylic acids is 1. The summed E-state index contributed by atoms with van der Waals surface area (Å²) in [5.74, 6) is -1.56. The summed E-state index contributed by atoms with van der Waals surface area (Å²) >= 11 is 0. The molecule has 1 aliphatic heterocycles. The predicted molar refractivity (Wildman–Crippen MR) is 75.2 cm³/mol. The lowest BCUT2D eigenvalue weighted by Crippen LogP contribution is -2.43. The first-order valence-electron chi connectivity index (χ1n) is 6.89. The van der Waals surface area contributed by atoms with Gasteiger partial charge in [0.15, 0.2) is 0 Å². The summed E-state index contributed by atoms with van der Waals surface area (Å²) in [5.41, 5.74) is 0.951. The van der Waals surface area contributed by atoms with Gasteiger partial charge in [0.25, 0.3) is 11.5 Å². The molecule has 0 atom stereocenters. The number of carbonyl (C=O) groups is 2. The Balaban J connectivity index is 2.27. The van der Waals surface area contributed by atoms with E-state index in [2.05, 4.69) is 5.10 Å². The van der Waals surface area contributed by atoms with Crippen molar-refractivity contribution in [3.05, 3.63) is 27.2 Å². The third-order valence-electron chi connectivity index (χ3n) is 4.07. The largest absolute Gasteiger partial charge is 0.481 e. The maximum absolute atomic E-state index is 12.6. The van der Waals surface area contributed by atoms with Crippen LogP contribution in [0.25, 0.3) is 0 Å². The van der Waals surface area contributed by atoms with Crippen molar-refractivity contribution in [2.24, 2.45) is 13.0 Å². The van der Waals surface area contributed by atoms with Crippen LogP contribution in [0, 0.1) is 19.8 Å². The van der Waals surface area contributed by atoms with Gasteiger partial charge in [0.1, 0.15) is 5.56 Å². The lowest BCUT2D eigenvalue weighted by Gasteiger charge is -2.30. The van der Waals surface area contributed by atoms with Crippen molar-refractivity contribution in [3.63, 3.8) is 0 Å². The van der Waals surface area contributed by atoms with Gasteiger partial charge < -0.3 is 10.0 Å². The molecule has 1 amide bonds. The van der Waals surface area contributed by atoms with E-state index in [0.29, 0.717) is 37.2 Å². The van der Waals surface area contributed by atoms with Gasteiger partial charge >= 0.3 is 5.97 Å². The number of amides is 1. The van der Waals surface area contributed by atoms with E-state index in [1.165, 1.54) is 11.7 Å². The number of carboxylic acid groups (broad SMARTS) is 1. The second-order valence-electron chi connectivity index (χ2n) is 5.42. The van der Waals surface area contributed by atoms with E-state index >= 15 is 0 Å². The molecule has 7 nitrogen and oxygen atoms in total. The number of hydrogen-bond donors (Lipinski definition) is 1. The summed E-state index contributed by atoms with van der Waals surface area (Å²) < 4.78 is 1.17. The molecule has 0 bridgehead atoms. The molecule has 1 N–H and O–H groups in total. The highest BCUT2D eigenvalue weighted by Crippen LogP contribution is 2.19. The fourth-order valence-corrected chi connectivity index (χ4v) is 2.59. The molecule has 1 fully saturated rings. The highest BCUT2D eigenvalue weighted by Gasteiger charge is 2.29. The van der Waals surface area contributed by atoms with Crippen LogP contribution in [0.4, 0.5) is 0 Å². The Hall–Kier alpha value is -2.18. The first kappa shape index (κ1) is 15.2. The number of piperidine rings is 1. The van der Waals surface area contributed by atoms with Gasteiger partial charge in [-0.2, -0.15) is 5.10 Å². The average Bonchev–Trinajstić information content (AvgIpc) is 2.45. The number of nitrogens with zero attached hydrogens (tertiary/aromatic N) is 3. The Labute approximate surface area is 122 Å². The van der Waals surface area contributed by atoms with Crippen LogP contribution in [0.5, 0.6) is 0 Å². The van der Waals surface area contributed by atoms with Crippen LogP contribution in [-0.2, 0) is 11.8 Å². The van der Waals surface area contributed by atoms with E-state index in [-0.39, 0.29) is 11.5 Å². The molecule has 0 spiro atoms. The second-order valence-corrected chi connectivity index (χ2v) is 5.42. The molecule has 0 unspecified atom stereocenters. The Kier molecular flexibility index (Phi) is 4.11. The number of carbonyl (C=O) groups excluding carboxylic acids is 1. The summed E-state index contributed by atoms with van der Waals surface area (Å²) in [5, 5.41) is 13.0. The number of aryl methyl sites for hydroxylation is 2. The smallest absolute Gasteiger partial charge is 0.306 e. The van der Waals surface area contributed by atoms with Crippen molar-refractivity contribution in [3.8, 4) is 0 Å². The van der Waals surface area contributed by atoms with Gasteiger partial charge in [-0.05, 0) is 32.3 Å². The SMILES string of the molecule is Cc1nn(C)c(=O)c(C(=O)N2CCC(C(=O)O)CC2)c1C. The lowest BCUT2D eigenvalue weighted by molar-refractivity contribution is -0.143. The molecule has 1 saturated heterocycles. The second kappa shape index (κ2) is 5.67. The molecule has 0 saturated carbocycles. The van der Waals surface area contributed by atoms with Crippen LogP contribution >= 0.6 is 0 Å². The normalized spacial score (nSPS) is 16.0. The Morgan fingerprint density at radius 1 is 1.24 bits per heavy atom. The van der Waals surface area contributed by atoms with E-state index in [4.69, 9.17) is 5.11 Å². The van der Waals surface area contributed by atoms with Crippen molar-refractivity contribution in [2.45, 2.75) is 26.7 Å². The fraction of sp³-hybridized carbons (Fsp3) is 0.571. The van der Waals surface area contributed by atoms with Crippen molar-refractivity contribution in [1.82, 2.24) is 14.7 Å². The molecular weight excluding hydrogens is 274 g/mol. The molecule has 1 aromatic rings. The zero-order chi connectivity index (χ0) is 15.7. The molecule has 0 aromatic carbocycles. The standard InChI is InChI=1S/C14H19N3O4/c1-8-9(2)15-16(3)12(18)11(8)13(19)17-6-4-10(5-7-17)14(20)21/h10H,4-7H2,1-3H3,(H,20,21). The van der Waals surface area contributed by atoms with Crippen molar-refractivity contribution in [2.75, 3.05) is 13.1 Å². The summed E-state index contributed by atoms with van der Waals surface area (Å²) in [4.78, 5) is 37.2. The van der Waals surface area contributed by atoms with E-state index in [1.54, 1.807) is 18.7 Å². The van der Waals surface area contributed by atoms with Crippen LogP contribution in [0.15, 0.2) is 4.79 Å². The summed E-state index contributed by atoms with van der Waals surface area (Å²) in [6, 6.07) is 0. The van der Waals surface area contributed by atoms with Gasteiger partial charge in [0, 0.05) is 20.1 Å². The molecule has 1 aromatic heterocycles. The number of hydrogen-bond acceptors (Lipinski definition) is 4. The van der Waals surface area contributed by atoms with E-state index < -0.39 is 17.4 Å². The minimum atomic E-state index is -0.825. The van der Waals surface area contributed by atoms with Crippen LogP contribution in [0.3, 0.4) is 0 Å². The molecule has 0 aliphatic carbocycles. The van der Waals surface area contributed by atoms with Crippen LogP contribution in [0.2, 0.25) is 0 Å². The van der Waals surface area contributed by atoms with Gasteiger partial charge in [0.05, 0.1) is 11.6 Å². The van der Waals surface area contributed by atoms with Crippen molar-refractivity contribution < 1.29 is 14.7 Å². The lowest BCUT2D eigenvalue weighted by atomic mass is 9.96. The Bertz CT molecular complexity index is 642. The molecule has 114 valence electrons. The summed E-state index contributed by atoms with van der Waals surface area (Å²) in [6.07, 6.45) is 0.842. The van der Waals surface area contributed by atoms with Gasteiger partial charge in [0.2, 0.25) is 0 Å². The summed E-state index contributed by atoms with van der Waals surface area (Å²) in [7, 11) is 1.52. The Morgan fingerprint density at radius 3 is 2.33 bits per heavy atom. The molecule has 7 heteroatoms. The average molecular weight is 293 g/mol. The first-order chi connectivity index (χ1) is 9.82. The number of likely N-dealkylation sites (tertiary alicyclic amines) is 1. The van der Waals surface area contributed by atoms with Crippen LogP contribution in [0.1, 0.15) is 34.5 Å². The van der Waals surface area contributed by atoms with Crippen molar-refractivity contribution >= 4 is 11.9 Å². The van der Waals surface area contributed by atoms with E-state index in [9.17, 15) is 14.4 Å². The minimum absolute atomic E-state index is 0.138. The van der Waals surface area contributed by atoms with Gasteiger partial charge in [-0.15, -0.1) is 0 Å². The number of rotatable bonds is 2. The van der Waals surface area contributed by atoms with E-state index in [0.717, 1.165) is 0 Å². The van der Waals surface area contributed by atoms with Crippen LogP contribution < -0.4 is 5.56 Å². The van der Waals surface area contributed by atoms with Gasteiger partial charge in [-0.25, -0.2) is 4.68 Å². The zero-order valence-corrected chi connectivity index (χ0v) is 12.4. The molecular formula is C14H19N3O4. The minimum Gasteiger partial charge on any atom is -0.481 e. The third kappa shape index (κ3) is 2.81. The van der Waals surface area contributed by atoms with Gasteiger partial charge in [-0.1, -0.05) is 0 Å². The first-order valence-corrected chi connectivity index (χ1v) is 6.89. The fourth-order valence-electron chi connectivity index (χ4n) is 2.59. The quantitative estimate of drug-likeness (QED) is 0.848. The maximum atomic E-state index is 12.6. The third-order valence-corrected chi connectivity index (χ3v) is 4.07. The molecule has 21 heavy (non-hydrogen) atoms. The highest BCUT2D eigenvalue weighted by atomic mass is 16.4. The van der Waals surface area contributed by atoms with Crippen molar-refractivity contribution in [1.29, 1.82) is 0 Å². The maximum Gasteiger partial charge on any atom is 0.306 e. The van der Waals surface area contributed by atoms with E-state index in [1.807, 2.05) is 0 Å². The summed E-state index contributed by atoms with van der Waals surface area (Å²) in [6.45, 7) is 4.18. The Morgan fingerprint density at radius 2 is 1.81 bits per heavy atom. The molecule has 2 rings (SSSR count). The topological polar surface area (TPSA) is 92.5 Å². The van der Waals surface area contributed by atoms with Gasteiger partial charge in [-0.3, -0.25) is 14.4 Å². The number of aromatic nitrogens is 2. The highest BCUT2D eigenvalue weighted by molar-refractivity contribution is 5.95. The molecule has 1 aliphatic rings. The molecule has 0 radical (unpaired) electrons. The molecule has 2 heterocycles. The predicted octanol–water partition coefficient (Wildman–Crippen LogP) is 0.334. The zero-order valence-electron chi connectivity index (χ0n) is 12.4. The monoisotopic (exact) mass is 293 g/mol. The van der Waals surface area contributed by atoms with Crippen LogP contribution in [-0.4, -0.2) is 44.8 Å². The number of carboxylic acids is 1.